The summed E-state index contributed by atoms with van der Waals surface area (Å²) in [5.41, 5.74) is 2.67. The summed E-state index contributed by atoms with van der Waals surface area (Å²) in [7, 11) is 0. The number of alkyl halides is 3. The minimum absolute atomic E-state index is 0.00188. The lowest BCUT2D eigenvalue weighted by Crippen LogP contribution is -2.43. The van der Waals surface area contributed by atoms with Crippen LogP contribution in [0.15, 0.2) is 72.8 Å². The van der Waals surface area contributed by atoms with Gasteiger partial charge in [-0.3, -0.25) is 9.69 Å². The van der Waals surface area contributed by atoms with Gasteiger partial charge in [0.25, 0.3) is 5.91 Å². The number of carbonyl (C=O) groups is 1. The Labute approximate surface area is 222 Å². The molecule has 0 unspecified atom stereocenters. The van der Waals surface area contributed by atoms with Crippen LogP contribution in [0.3, 0.4) is 0 Å². The van der Waals surface area contributed by atoms with Gasteiger partial charge in [-0.1, -0.05) is 18.2 Å². The number of nitrogens with zero attached hydrogens (tertiary/aromatic N) is 3. The van der Waals surface area contributed by atoms with Gasteiger partial charge in [0.15, 0.2) is 0 Å². The average molecular weight is 526 g/mol. The molecule has 0 bridgehead atoms. The average Bonchev–Trinajstić information content (AvgIpc) is 2.91. The zero-order valence-corrected chi connectivity index (χ0v) is 21.8. The summed E-state index contributed by atoms with van der Waals surface area (Å²) < 4.78 is 38.6. The van der Waals surface area contributed by atoms with Crippen LogP contribution in [0.2, 0.25) is 0 Å². The van der Waals surface area contributed by atoms with E-state index in [4.69, 9.17) is 0 Å². The molecule has 8 heteroatoms. The monoisotopic (exact) mass is 525 g/mol. The SMILES string of the molecule is CCN(CC)C(=O)c1ccc(N(c2cccc(O)c2)C2CCN(Cc3ccc(C(F)(F)F)cc3)CC2)cc1. The quantitative estimate of drug-likeness (QED) is 0.356. The fraction of sp³-hybridized carbons (Fsp3) is 0.367. The minimum Gasteiger partial charge on any atom is -0.508 e. The van der Waals surface area contributed by atoms with Crippen LogP contribution in [0.25, 0.3) is 0 Å². The van der Waals surface area contributed by atoms with Crippen LogP contribution in [-0.2, 0) is 12.7 Å². The van der Waals surface area contributed by atoms with E-state index in [1.54, 1.807) is 29.2 Å². The molecule has 1 aliphatic rings. The molecule has 0 aliphatic carbocycles. The lowest BCUT2D eigenvalue weighted by molar-refractivity contribution is -0.137. The van der Waals surface area contributed by atoms with Crippen LogP contribution in [0, 0.1) is 0 Å². The van der Waals surface area contributed by atoms with E-state index in [2.05, 4.69) is 9.80 Å². The van der Waals surface area contributed by atoms with Gasteiger partial charge in [-0.05, 0) is 80.8 Å². The highest BCUT2D eigenvalue weighted by Gasteiger charge is 2.30. The zero-order valence-electron chi connectivity index (χ0n) is 21.8. The van der Waals surface area contributed by atoms with Crippen molar-refractivity contribution < 1.29 is 23.1 Å². The number of phenolic OH excluding ortho intramolecular Hbond substituents is 1. The van der Waals surface area contributed by atoms with E-state index in [0.29, 0.717) is 25.2 Å². The molecule has 1 aliphatic heterocycles. The molecule has 202 valence electrons. The fourth-order valence-corrected chi connectivity index (χ4v) is 5.06. The van der Waals surface area contributed by atoms with Crippen LogP contribution in [0.4, 0.5) is 24.5 Å². The van der Waals surface area contributed by atoms with Gasteiger partial charge in [0, 0.05) is 61.8 Å². The number of rotatable bonds is 8. The predicted molar refractivity (Wildman–Crippen MR) is 144 cm³/mol. The zero-order chi connectivity index (χ0) is 27.3. The second-order valence-electron chi connectivity index (χ2n) is 9.62. The Hall–Kier alpha value is -3.52. The number of carbonyl (C=O) groups excluding carboxylic acids is 1. The van der Waals surface area contributed by atoms with Crippen LogP contribution in [-0.4, -0.2) is 53.0 Å². The third-order valence-electron chi connectivity index (χ3n) is 7.16. The molecule has 38 heavy (non-hydrogen) atoms. The maximum atomic E-state index is 12.9. The fourth-order valence-electron chi connectivity index (χ4n) is 5.06. The van der Waals surface area contributed by atoms with E-state index in [-0.39, 0.29) is 17.7 Å². The lowest BCUT2D eigenvalue weighted by Gasteiger charge is -2.40. The van der Waals surface area contributed by atoms with Crippen molar-refractivity contribution in [2.75, 3.05) is 31.1 Å². The normalized spacial score (nSPS) is 14.9. The van der Waals surface area contributed by atoms with E-state index >= 15 is 0 Å². The van der Waals surface area contributed by atoms with E-state index in [9.17, 15) is 23.1 Å². The number of phenols is 1. The van der Waals surface area contributed by atoms with Crippen LogP contribution in [0.1, 0.15) is 48.2 Å². The number of amides is 1. The van der Waals surface area contributed by atoms with E-state index < -0.39 is 11.7 Å². The molecule has 0 aromatic heterocycles. The Morgan fingerprint density at radius 1 is 0.921 bits per heavy atom. The summed E-state index contributed by atoms with van der Waals surface area (Å²) in [6, 6.07) is 20.3. The van der Waals surface area contributed by atoms with Gasteiger partial charge in [0.1, 0.15) is 5.75 Å². The molecule has 3 aromatic rings. The van der Waals surface area contributed by atoms with Crippen molar-refractivity contribution in [1.82, 2.24) is 9.80 Å². The van der Waals surface area contributed by atoms with Gasteiger partial charge in [0.05, 0.1) is 5.56 Å². The second-order valence-corrected chi connectivity index (χ2v) is 9.62. The predicted octanol–water partition coefficient (Wildman–Crippen LogP) is 6.70. The van der Waals surface area contributed by atoms with Gasteiger partial charge in [-0.25, -0.2) is 0 Å². The van der Waals surface area contributed by atoms with Gasteiger partial charge in [-0.15, -0.1) is 0 Å². The highest BCUT2D eigenvalue weighted by atomic mass is 19.4. The number of halogens is 3. The Bertz CT molecular complexity index is 1200. The first-order chi connectivity index (χ1) is 18.2. The van der Waals surface area contributed by atoms with Crippen molar-refractivity contribution in [2.24, 2.45) is 0 Å². The van der Waals surface area contributed by atoms with E-state index in [0.717, 1.165) is 55.0 Å². The summed E-state index contributed by atoms with van der Waals surface area (Å²) >= 11 is 0. The Morgan fingerprint density at radius 2 is 1.55 bits per heavy atom. The second kappa shape index (κ2) is 11.9. The largest absolute Gasteiger partial charge is 0.508 e. The summed E-state index contributed by atoms with van der Waals surface area (Å²) in [4.78, 5) is 19.0. The highest BCUT2D eigenvalue weighted by molar-refractivity contribution is 5.94. The summed E-state index contributed by atoms with van der Waals surface area (Å²) in [6.45, 7) is 7.40. The van der Waals surface area contributed by atoms with Gasteiger partial charge in [0.2, 0.25) is 0 Å². The van der Waals surface area contributed by atoms with Crippen LogP contribution in [0.5, 0.6) is 5.75 Å². The molecule has 4 rings (SSSR count). The number of benzene rings is 3. The standard InChI is InChI=1S/C30H34F3N3O2/c1-3-35(4-2)29(38)23-10-14-25(15-11-23)36(27-6-5-7-28(37)20-27)26-16-18-34(19-17-26)21-22-8-12-24(13-9-22)30(31,32)33/h5-15,20,26,37H,3-4,16-19,21H2,1-2H3. The topological polar surface area (TPSA) is 47.0 Å². The highest BCUT2D eigenvalue weighted by Crippen LogP contribution is 2.34. The van der Waals surface area contributed by atoms with Crippen LogP contribution < -0.4 is 4.90 Å². The van der Waals surface area contributed by atoms with E-state index in [1.165, 1.54) is 0 Å². The smallest absolute Gasteiger partial charge is 0.416 e. The third kappa shape index (κ3) is 6.48. The molecular weight excluding hydrogens is 491 g/mol. The molecule has 5 nitrogen and oxygen atoms in total. The molecule has 1 amide bonds. The molecule has 3 aromatic carbocycles. The van der Waals surface area contributed by atoms with Crippen LogP contribution >= 0.6 is 0 Å². The minimum atomic E-state index is -4.33. The van der Waals surface area contributed by atoms with Crippen molar-refractivity contribution in [1.29, 1.82) is 0 Å². The van der Waals surface area contributed by atoms with Crippen molar-refractivity contribution in [2.45, 2.75) is 45.5 Å². The maximum absolute atomic E-state index is 12.9. The Kier molecular flexibility index (Phi) is 8.62. The van der Waals surface area contributed by atoms with Crippen molar-refractivity contribution >= 4 is 17.3 Å². The lowest BCUT2D eigenvalue weighted by atomic mass is 10.00. The number of likely N-dealkylation sites (tertiary alicyclic amines) is 1. The van der Waals surface area contributed by atoms with Gasteiger partial charge < -0.3 is 14.9 Å². The maximum Gasteiger partial charge on any atom is 0.416 e. The molecule has 1 saturated heterocycles. The Morgan fingerprint density at radius 3 is 2.11 bits per heavy atom. The van der Waals surface area contributed by atoms with Gasteiger partial charge in [-0.2, -0.15) is 13.2 Å². The van der Waals surface area contributed by atoms with Crippen molar-refractivity contribution in [3.05, 3.63) is 89.5 Å². The van der Waals surface area contributed by atoms with Crippen molar-refractivity contribution in [3.8, 4) is 5.75 Å². The first kappa shape index (κ1) is 27.5. The number of anilines is 2. The van der Waals surface area contributed by atoms with E-state index in [1.807, 2.05) is 50.2 Å². The van der Waals surface area contributed by atoms with Crippen molar-refractivity contribution in [3.63, 3.8) is 0 Å². The molecule has 0 atom stereocenters. The summed E-state index contributed by atoms with van der Waals surface area (Å²) in [5, 5.41) is 10.2. The first-order valence-corrected chi connectivity index (χ1v) is 13.1. The molecular formula is C30H34F3N3O2. The molecule has 1 heterocycles. The first-order valence-electron chi connectivity index (χ1n) is 13.1. The molecule has 0 saturated carbocycles. The summed E-state index contributed by atoms with van der Waals surface area (Å²) in [6.07, 6.45) is -2.64. The molecule has 0 radical (unpaired) electrons. The number of aromatic hydroxyl groups is 1. The Balaban J connectivity index is 1.49. The summed E-state index contributed by atoms with van der Waals surface area (Å²) in [5.74, 6) is 0.183. The van der Waals surface area contributed by atoms with Gasteiger partial charge >= 0.3 is 6.18 Å². The number of piperidine rings is 1. The third-order valence-corrected chi connectivity index (χ3v) is 7.16. The number of hydrogen-bond acceptors (Lipinski definition) is 4. The molecule has 1 fully saturated rings. The molecule has 1 N–H and O–H groups in total. The number of hydrogen-bond donors (Lipinski definition) is 1. The molecule has 0 spiro atoms.